The highest BCUT2D eigenvalue weighted by molar-refractivity contribution is 5.96. The molecule has 14 heavy (non-hydrogen) atoms. The van der Waals surface area contributed by atoms with Crippen molar-refractivity contribution >= 4 is 5.91 Å². The van der Waals surface area contributed by atoms with Gasteiger partial charge in [-0.25, -0.2) is 0 Å². The molecule has 0 aromatic heterocycles. The SMILES string of the molecule is C=CN(CC)C(=O)c1ccccc1C. The van der Waals surface area contributed by atoms with Gasteiger partial charge in [0.2, 0.25) is 0 Å². The molecule has 0 aliphatic rings. The Morgan fingerprint density at radius 2 is 2.14 bits per heavy atom. The minimum atomic E-state index is 0.0144. The van der Waals surface area contributed by atoms with Crippen molar-refractivity contribution in [3.63, 3.8) is 0 Å². The van der Waals surface area contributed by atoms with Gasteiger partial charge in [-0.2, -0.15) is 0 Å². The number of hydrogen-bond acceptors (Lipinski definition) is 1. The molecule has 0 saturated carbocycles. The molecule has 0 bridgehead atoms. The normalized spacial score (nSPS) is 9.57. The topological polar surface area (TPSA) is 20.3 Å². The maximum absolute atomic E-state index is 11.9. The summed E-state index contributed by atoms with van der Waals surface area (Å²) >= 11 is 0. The Morgan fingerprint density at radius 1 is 1.50 bits per heavy atom. The third-order valence-electron chi connectivity index (χ3n) is 2.20. The Balaban J connectivity index is 3.00. The van der Waals surface area contributed by atoms with Gasteiger partial charge in [0.25, 0.3) is 5.91 Å². The summed E-state index contributed by atoms with van der Waals surface area (Å²) in [5.74, 6) is 0.0144. The van der Waals surface area contributed by atoms with Crippen LogP contribution in [-0.4, -0.2) is 17.4 Å². The van der Waals surface area contributed by atoms with Crippen molar-refractivity contribution in [1.29, 1.82) is 0 Å². The number of carbonyl (C=O) groups is 1. The first-order valence-electron chi connectivity index (χ1n) is 4.69. The van der Waals surface area contributed by atoms with Crippen molar-refractivity contribution in [2.75, 3.05) is 6.54 Å². The van der Waals surface area contributed by atoms with E-state index in [9.17, 15) is 4.79 Å². The van der Waals surface area contributed by atoms with E-state index in [1.807, 2.05) is 38.1 Å². The van der Waals surface area contributed by atoms with Gasteiger partial charge >= 0.3 is 0 Å². The second-order valence-electron chi connectivity index (χ2n) is 3.09. The second kappa shape index (κ2) is 4.61. The van der Waals surface area contributed by atoms with Gasteiger partial charge in [-0.1, -0.05) is 24.8 Å². The smallest absolute Gasteiger partial charge is 0.258 e. The van der Waals surface area contributed by atoms with Crippen molar-refractivity contribution in [2.45, 2.75) is 13.8 Å². The first-order valence-corrected chi connectivity index (χ1v) is 4.69. The molecule has 2 heteroatoms. The fraction of sp³-hybridized carbons (Fsp3) is 0.250. The van der Waals surface area contributed by atoms with Gasteiger partial charge in [0, 0.05) is 12.1 Å². The van der Waals surface area contributed by atoms with Gasteiger partial charge < -0.3 is 4.90 Å². The Bertz CT molecular complexity index is 344. The Hall–Kier alpha value is -1.57. The van der Waals surface area contributed by atoms with E-state index in [2.05, 4.69) is 6.58 Å². The van der Waals surface area contributed by atoms with E-state index in [4.69, 9.17) is 0 Å². The molecule has 0 unspecified atom stereocenters. The average molecular weight is 189 g/mol. The number of nitrogens with zero attached hydrogens (tertiary/aromatic N) is 1. The van der Waals surface area contributed by atoms with Crippen molar-refractivity contribution in [2.24, 2.45) is 0 Å². The quantitative estimate of drug-likeness (QED) is 0.715. The second-order valence-corrected chi connectivity index (χ2v) is 3.09. The number of benzene rings is 1. The van der Waals surface area contributed by atoms with Crippen molar-refractivity contribution in [3.8, 4) is 0 Å². The minimum absolute atomic E-state index is 0.0144. The molecule has 1 aromatic carbocycles. The maximum Gasteiger partial charge on any atom is 0.258 e. The molecule has 0 saturated heterocycles. The zero-order valence-electron chi connectivity index (χ0n) is 8.66. The van der Waals surface area contributed by atoms with Gasteiger partial charge in [-0.05, 0) is 31.7 Å². The molecule has 74 valence electrons. The van der Waals surface area contributed by atoms with Crippen LogP contribution in [0.4, 0.5) is 0 Å². The zero-order chi connectivity index (χ0) is 10.6. The maximum atomic E-state index is 11.9. The van der Waals surface area contributed by atoms with Crippen LogP contribution in [0.15, 0.2) is 37.0 Å². The molecular weight excluding hydrogens is 174 g/mol. The highest BCUT2D eigenvalue weighted by Gasteiger charge is 2.12. The van der Waals surface area contributed by atoms with Crippen LogP contribution in [0.25, 0.3) is 0 Å². The lowest BCUT2D eigenvalue weighted by atomic mass is 10.1. The molecule has 0 spiro atoms. The Labute approximate surface area is 84.9 Å². The molecule has 0 N–H and O–H groups in total. The van der Waals surface area contributed by atoms with E-state index in [1.54, 1.807) is 11.1 Å². The molecule has 2 nitrogen and oxygen atoms in total. The summed E-state index contributed by atoms with van der Waals surface area (Å²) in [5.41, 5.74) is 1.74. The number of amides is 1. The van der Waals surface area contributed by atoms with E-state index < -0.39 is 0 Å². The standard InChI is InChI=1S/C12H15NO/c1-4-13(5-2)12(14)11-9-7-6-8-10(11)3/h4,6-9H,1,5H2,2-3H3. The van der Waals surface area contributed by atoms with Crippen LogP contribution in [0.1, 0.15) is 22.8 Å². The van der Waals surface area contributed by atoms with Crippen LogP contribution in [0.3, 0.4) is 0 Å². The summed E-state index contributed by atoms with van der Waals surface area (Å²) in [4.78, 5) is 13.5. The molecule has 0 atom stereocenters. The molecule has 1 rings (SSSR count). The fourth-order valence-electron chi connectivity index (χ4n) is 1.32. The number of hydrogen-bond donors (Lipinski definition) is 0. The lowest BCUT2D eigenvalue weighted by Crippen LogP contribution is -2.25. The average Bonchev–Trinajstić information content (AvgIpc) is 2.20. The lowest BCUT2D eigenvalue weighted by molar-refractivity contribution is 0.0828. The van der Waals surface area contributed by atoms with E-state index in [0.717, 1.165) is 11.1 Å². The molecule has 0 fully saturated rings. The Morgan fingerprint density at radius 3 is 2.64 bits per heavy atom. The first kappa shape index (κ1) is 10.5. The first-order chi connectivity index (χ1) is 6.70. The molecule has 0 aliphatic carbocycles. The third kappa shape index (κ3) is 2.02. The Kier molecular flexibility index (Phi) is 3.46. The van der Waals surface area contributed by atoms with Gasteiger partial charge in [-0.3, -0.25) is 4.79 Å². The van der Waals surface area contributed by atoms with Crippen LogP contribution in [0.5, 0.6) is 0 Å². The van der Waals surface area contributed by atoms with Crippen LogP contribution >= 0.6 is 0 Å². The lowest BCUT2D eigenvalue weighted by Gasteiger charge is -2.16. The molecule has 0 heterocycles. The van der Waals surface area contributed by atoms with E-state index >= 15 is 0 Å². The molecule has 1 aromatic rings. The predicted molar refractivity (Wildman–Crippen MR) is 58.1 cm³/mol. The summed E-state index contributed by atoms with van der Waals surface area (Å²) in [5, 5.41) is 0. The largest absolute Gasteiger partial charge is 0.316 e. The molecule has 1 amide bonds. The fourth-order valence-corrected chi connectivity index (χ4v) is 1.32. The van der Waals surface area contributed by atoms with Gasteiger partial charge in [0.05, 0.1) is 0 Å². The van der Waals surface area contributed by atoms with Crippen LogP contribution < -0.4 is 0 Å². The zero-order valence-corrected chi connectivity index (χ0v) is 8.66. The highest BCUT2D eigenvalue weighted by Crippen LogP contribution is 2.10. The highest BCUT2D eigenvalue weighted by atomic mass is 16.2. The summed E-state index contributed by atoms with van der Waals surface area (Å²) < 4.78 is 0. The van der Waals surface area contributed by atoms with Crippen molar-refractivity contribution in [3.05, 3.63) is 48.2 Å². The number of aryl methyl sites for hydroxylation is 1. The van der Waals surface area contributed by atoms with Gasteiger partial charge in [-0.15, -0.1) is 0 Å². The van der Waals surface area contributed by atoms with Crippen LogP contribution in [0.2, 0.25) is 0 Å². The van der Waals surface area contributed by atoms with Crippen molar-refractivity contribution in [1.82, 2.24) is 4.90 Å². The van der Waals surface area contributed by atoms with E-state index in [-0.39, 0.29) is 5.91 Å². The van der Waals surface area contributed by atoms with Gasteiger partial charge in [0.15, 0.2) is 0 Å². The predicted octanol–water partition coefficient (Wildman–Crippen LogP) is 2.60. The monoisotopic (exact) mass is 189 g/mol. The van der Waals surface area contributed by atoms with E-state index in [0.29, 0.717) is 6.54 Å². The van der Waals surface area contributed by atoms with E-state index in [1.165, 1.54) is 0 Å². The summed E-state index contributed by atoms with van der Waals surface area (Å²) in [6.45, 7) is 8.13. The van der Waals surface area contributed by atoms with Crippen molar-refractivity contribution < 1.29 is 4.79 Å². The van der Waals surface area contributed by atoms with Crippen LogP contribution in [-0.2, 0) is 0 Å². The third-order valence-corrected chi connectivity index (χ3v) is 2.20. The summed E-state index contributed by atoms with van der Waals surface area (Å²) in [6, 6.07) is 7.57. The summed E-state index contributed by atoms with van der Waals surface area (Å²) in [7, 11) is 0. The number of rotatable bonds is 3. The number of carbonyl (C=O) groups excluding carboxylic acids is 1. The molecule has 0 radical (unpaired) electrons. The molecule has 0 aliphatic heterocycles. The molecular formula is C12H15NO. The van der Waals surface area contributed by atoms with Gasteiger partial charge in [0.1, 0.15) is 0 Å². The van der Waals surface area contributed by atoms with Crippen LogP contribution in [0, 0.1) is 6.92 Å². The summed E-state index contributed by atoms with van der Waals surface area (Å²) in [6.07, 6.45) is 1.56. The minimum Gasteiger partial charge on any atom is -0.316 e.